The molecule has 2 rings (SSSR count). The standard InChI is InChI=1S/C8H14N2O2/c1-12-7(11)10-3-2-8(9)4-6(8)5-10/h6H,2-5,9H2,1H3. The van der Waals surface area contributed by atoms with Crippen LogP contribution in [0.5, 0.6) is 0 Å². The smallest absolute Gasteiger partial charge is 0.409 e. The van der Waals surface area contributed by atoms with Gasteiger partial charge in [-0.3, -0.25) is 0 Å². The molecule has 0 aromatic heterocycles. The van der Waals surface area contributed by atoms with Crippen LogP contribution in [0.15, 0.2) is 0 Å². The molecule has 2 N–H and O–H groups in total. The maximum Gasteiger partial charge on any atom is 0.409 e. The third kappa shape index (κ3) is 1.06. The van der Waals surface area contributed by atoms with Gasteiger partial charge in [0.1, 0.15) is 0 Å². The highest BCUT2D eigenvalue weighted by Gasteiger charge is 2.54. The van der Waals surface area contributed by atoms with Gasteiger partial charge in [-0.05, 0) is 18.8 Å². The van der Waals surface area contributed by atoms with Crippen LogP contribution in [0.4, 0.5) is 4.79 Å². The molecule has 2 atom stereocenters. The molecule has 1 amide bonds. The number of rotatable bonds is 0. The maximum absolute atomic E-state index is 11.1. The predicted molar refractivity (Wildman–Crippen MR) is 43.6 cm³/mol. The SMILES string of the molecule is COC(=O)N1CCC2(N)CC2C1. The van der Waals surface area contributed by atoms with Crippen LogP contribution in [-0.2, 0) is 4.74 Å². The Labute approximate surface area is 71.7 Å². The van der Waals surface area contributed by atoms with Crippen LogP contribution in [0, 0.1) is 5.92 Å². The second-order valence-corrected chi connectivity index (χ2v) is 3.80. The molecule has 0 radical (unpaired) electrons. The van der Waals surface area contributed by atoms with Gasteiger partial charge in [0.2, 0.25) is 0 Å². The van der Waals surface area contributed by atoms with Crippen molar-refractivity contribution in [2.75, 3.05) is 20.2 Å². The first-order chi connectivity index (χ1) is 5.65. The van der Waals surface area contributed by atoms with Crippen molar-refractivity contribution in [2.24, 2.45) is 11.7 Å². The Bertz CT molecular complexity index is 219. The van der Waals surface area contributed by atoms with E-state index in [2.05, 4.69) is 4.74 Å². The number of nitrogens with zero attached hydrogens (tertiary/aromatic N) is 1. The normalized spacial score (nSPS) is 38.8. The second-order valence-electron chi connectivity index (χ2n) is 3.80. The van der Waals surface area contributed by atoms with E-state index in [1.165, 1.54) is 7.11 Å². The summed E-state index contributed by atoms with van der Waals surface area (Å²) < 4.78 is 4.64. The lowest BCUT2D eigenvalue weighted by molar-refractivity contribution is 0.111. The lowest BCUT2D eigenvalue weighted by Gasteiger charge is -2.28. The summed E-state index contributed by atoms with van der Waals surface area (Å²) >= 11 is 0. The van der Waals surface area contributed by atoms with Crippen LogP contribution in [0.3, 0.4) is 0 Å². The van der Waals surface area contributed by atoms with E-state index < -0.39 is 0 Å². The number of methoxy groups -OCH3 is 1. The van der Waals surface area contributed by atoms with E-state index >= 15 is 0 Å². The summed E-state index contributed by atoms with van der Waals surface area (Å²) in [4.78, 5) is 12.8. The van der Waals surface area contributed by atoms with E-state index in [1.54, 1.807) is 4.90 Å². The van der Waals surface area contributed by atoms with Crippen LogP contribution in [0.1, 0.15) is 12.8 Å². The molecule has 12 heavy (non-hydrogen) atoms. The Morgan fingerprint density at radius 1 is 1.75 bits per heavy atom. The minimum Gasteiger partial charge on any atom is -0.453 e. The van der Waals surface area contributed by atoms with Crippen molar-refractivity contribution in [3.63, 3.8) is 0 Å². The van der Waals surface area contributed by atoms with Crippen molar-refractivity contribution in [1.82, 2.24) is 4.90 Å². The van der Waals surface area contributed by atoms with Crippen molar-refractivity contribution < 1.29 is 9.53 Å². The maximum atomic E-state index is 11.1. The number of hydrogen-bond donors (Lipinski definition) is 1. The fourth-order valence-corrected chi connectivity index (χ4v) is 1.95. The molecule has 1 aliphatic carbocycles. The predicted octanol–water partition coefficient (Wildman–Crippen LogP) is 0.176. The van der Waals surface area contributed by atoms with Crippen molar-refractivity contribution in [3.05, 3.63) is 0 Å². The summed E-state index contributed by atoms with van der Waals surface area (Å²) in [6.07, 6.45) is 1.77. The third-order valence-electron chi connectivity index (χ3n) is 3.00. The average Bonchev–Trinajstić information content (AvgIpc) is 2.73. The van der Waals surface area contributed by atoms with E-state index in [0.717, 1.165) is 25.9 Å². The molecule has 1 saturated heterocycles. The first-order valence-electron chi connectivity index (χ1n) is 4.27. The minimum absolute atomic E-state index is 0.0600. The lowest BCUT2D eigenvalue weighted by atomic mass is 10.1. The van der Waals surface area contributed by atoms with E-state index in [1.807, 2.05) is 0 Å². The topological polar surface area (TPSA) is 55.6 Å². The number of ether oxygens (including phenoxy) is 1. The molecule has 2 unspecified atom stereocenters. The Balaban J connectivity index is 1.93. The number of fused-ring (bicyclic) bond motifs is 1. The van der Waals surface area contributed by atoms with Gasteiger partial charge in [0.25, 0.3) is 0 Å². The average molecular weight is 170 g/mol. The van der Waals surface area contributed by atoms with Gasteiger partial charge in [-0.15, -0.1) is 0 Å². The molecule has 1 saturated carbocycles. The fraction of sp³-hybridized carbons (Fsp3) is 0.875. The summed E-state index contributed by atoms with van der Waals surface area (Å²) in [6.45, 7) is 1.53. The molecule has 68 valence electrons. The number of amides is 1. The molecule has 2 fully saturated rings. The highest BCUT2D eigenvalue weighted by atomic mass is 16.5. The molecule has 4 heteroatoms. The Kier molecular flexibility index (Phi) is 1.54. The number of carbonyl (C=O) groups is 1. The Morgan fingerprint density at radius 3 is 3.08 bits per heavy atom. The van der Waals surface area contributed by atoms with Crippen molar-refractivity contribution in [3.8, 4) is 0 Å². The third-order valence-corrected chi connectivity index (χ3v) is 3.00. The minimum atomic E-state index is -0.219. The van der Waals surface area contributed by atoms with E-state index in [0.29, 0.717) is 5.92 Å². The molecule has 0 aromatic rings. The van der Waals surface area contributed by atoms with E-state index in [9.17, 15) is 4.79 Å². The summed E-state index contributed by atoms with van der Waals surface area (Å²) in [5.41, 5.74) is 6.04. The largest absolute Gasteiger partial charge is 0.453 e. The zero-order chi connectivity index (χ0) is 8.77. The van der Waals surface area contributed by atoms with Gasteiger partial charge >= 0.3 is 6.09 Å². The second kappa shape index (κ2) is 2.36. The first-order valence-corrected chi connectivity index (χ1v) is 4.27. The molecule has 1 heterocycles. The van der Waals surface area contributed by atoms with Crippen LogP contribution in [0.25, 0.3) is 0 Å². The Morgan fingerprint density at radius 2 is 2.50 bits per heavy atom. The molecule has 4 nitrogen and oxygen atoms in total. The van der Waals surface area contributed by atoms with Gasteiger partial charge < -0.3 is 15.4 Å². The molecule has 1 aliphatic heterocycles. The molecule has 0 bridgehead atoms. The van der Waals surface area contributed by atoms with Gasteiger partial charge in [-0.1, -0.05) is 0 Å². The summed E-state index contributed by atoms with van der Waals surface area (Å²) in [5, 5.41) is 0. The number of nitrogens with two attached hydrogens (primary N) is 1. The summed E-state index contributed by atoms with van der Waals surface area (Å²) in [7, 11) is 1.42. The lowest BCUT2D eigenvalue weighted by Crippen LogP contribution is -2.44. The zero-order valence-electron chi connectivity index (χ0n) is 7.25. The van der Waals surface area contributed by atoms with Gasteiger partial charge in [-0.25, -0.2) is 4.79 Å². The number of carbonyl (C=O) groups excluding carboxylic acids is 1. The first kappa shape index (κ1) is 7.86. The van der Waals surface area contributed by atoms with Gasteiger partial charge in [0, 0.05) is 18.6 Å². The monoisotopic (exact) mass is 170 g/mol. The van der Waals surface area contributed by atoms with E-state index in [4.69, 9.17) is 5.73 Å². The summed E-state index contributed by atoms with van der Waals surface area (Å²) in [6, 6.07) is 0. The number of hydrogen-bond acceptors (Lipinski definition) is 3. The van der Waals surface area contributed by atoms with E-state index in [-0.39, 0.29) is 11.6 Å². The van der Waals surface area contributed by atoms with Crippen LogP contribution < -0.4 is 5.73 Å². The zero-order valence-corrected chi connectivity index (χ0v) is 7.25. The van der Waals surface area contributed by atoms with Crippen LogP contribution in [0.2, 0.25) is 0 Å². The molecular weight excluding hydrogens is 156 g/mol. The highest BCUT2D eigenvalue weighted by Crippen LogP contribution is 2.47. The highest BCUT2D eigenvalue weighted by molar-refractivity contribution is 5.67. The summed E-state index contributed by atoms with van der Waals surface area (Å²) in [5.74, 6) is 0.519. The van der Waals surface area contributed by atoms with Crippen LogP contribution >= 0.6 is 0 Å². The number of likely N-dealkylation sites (tertiary alicyclic amines) is 1. The van der Waals surface area contributed by atoms with Crippen molar-refractivity contribution in [2.45, 2.75) is 18.4 Å². The van der Waals surface area contributed by atoms with Gasteiger partial charge in [0.05, 0.1) is 7.11 Å². The number of piperidine rings is 1. The molecule has 0 aromatic carbocycles. The molecular formula is C8H14N2O2. The van der Waals surface area contributed by atoms with Gasteiger partial charge in [0.15, 0.2) is 0 Å². The molecule has 0 spiro atoms. The Hall–Kier alpha value is -0.770. The van der Waals surface area contributed by atoms with Crippen molar-refractivity contribution in [1.29, 1.82) is 0 Å². The van der Waals surface area contributed by atoms with Crippen molar-refractivity contribution >= 4 is 6.09 Å². The molecule has 2 aliphatic rings. The fourth-order valence-electron chi connectivity index (χ4n) is 1.95. The quantitative estimate of drug-likeness (QED) is 0.564. The van der Waals surface area contributed by atoms with Crippen LogP contribution in [-0.4, -0.2) is 36.7 Å². The van der Waals surface area contributed by atoms with Gasteiger partial charge in [-0.2, -0.15) is 0 Å².